The Labute approximate surface area is 180 Å². The fourth-order valence-corrected chi connectivity index (χ4v) is 3.63. The number of benzene rings is 1. The third kappa shape index (κ3) is 11.0. The molecule has 11 heteroatoms. The highest BCUT2D eigenvalue weighted by molar-refractivity contribution is 7.89. The van der Waals surface area contributed by atoms with Crippen LogP contribution in [-0.2, 0) is 24.3 Å². The molecule has 0 aromatic heterocycles. The summed E-state index contributed by atoms with van der Waals surface area (Å²) < 4.78 is 68.0. The van der Waals surface area contributed by atoms with Gasteiger partial charge < -0.3 is 10.1 Å². The Balaban J connectivity index is 2.25. The van der Waals surface area contributed by atoms with Crippen molar-refractivity contribution in [1.82, 2.24) is 4.72 Å². The van der Waals surface area contributed by atoms with Crippen LogP contribution in [0, 0.1) is 0 Å². The summed E-state index contributed by atoms with van der Waals surface area (Å²) >= 11 is 0. The molecule has 7 nitrogen and oxygen atoms in total. The monoisotopic (exact) mass is 464 g/mol. The Kier molecular flexibility index (Phi) is 11.3. The maximum absolute atomic E-state index is 12.2. The minimum absolute atomic E-state index is 0.0995. The number of carbonyl (C=O) groups is 2. The number of halogens is 3. The first kappa shape index (κ1) is 26.6. The number of hydrogen-bond acceptors (Lipinski definition) is 5. The van der Waals surface area contributed by atoms with Gasteiger partial charge in [0.1, 0.15) is 0 Å². The summed E-state index contributed by atoms with van der Waals surface area (Å²) in [5.41, 5.74) is -0.151. The van der Waals surface area contributed by atoms with E-state index < -0.39 is 22.1 Å². The van der Waals surface area contributed by atoms with Crippen LogP contribution >= 0.6 is 0 Å². The van der Waals surface area contributed by atoms with Crippen molar-refractivity contribution in [2.45, 2.75) is 56.0 Å². The number of alkyl halides is 3. The second-order valence-electron chi connectivity index (χ2n) is 6.71. The smallest absolute Gasteiger partial charge is 0.466 e. The van der Waals surface area contributed by atoms with E-state index in [9.17, 15) is 31.2 Å². The van der Waals surface area contributed by atoms with E-state index in [1.165, 1.54) is 13.2 Å². The first-order valence-electron chi connectivity index (χ1n) is 9.78. The molecule has 0 unspecified atom stereocenters. The van der Waals surface area contributed by atoms with Crippen LogP contribution in [0.4, 0.5) is 18.9 Å². The second kappa shape index (κ2) is 13.1. The number of allylic oxidation sites excluding steroid dienone is 1. The van der Waals surface area contributed by atoms with Crippen LogP contribution in [0.2, 0.25) is 0 Å². The van der Waals surface area contributed by atoms with Gasteiger partial charge in [-0.15, -0.1) is 0 Å². The lowest BCUT2D eigenvalue weighted by Crippen LogP contribution is -2.30. The van der Waals surface area contributed by atoms with E-state index in [2.05, 4.69) is 9.46 Å². The van der Waals surface area contributed by atoms with Gasteiger partial charge in [-0.2, -0.15) is 13.2 Å². The third-order valence-corrected chi connectivity index (χ3v) is 5.70. The van der Waals surface area contributed by atoms with E-state index in [1.54, 1.807) is 11.4 Å². The van der Waals surface area contributed by atoms with Gasteiger partial charge in [-0.25, -0.2) is 17.9 Å². The summed E-state index contributed by atoms with van der Waals surface area (Å²) in [6.45, 7) is 0.247. The number of carbonyl (C=O) groups excluding carboxylic acids is 2. The quantitative estimate of drug-likeness (QED) is 0.262. The molecule has 0 aliphatic rings. The maximum Gasteiger partial charge on any atom is 0.471 e. The third-order valence-electron chi connectivity index (χ3n) is 4.22. The molecular formula is C20H27F3N2O5S. The summed E-state index contributed by atoms with van der Waals surface area (Å²) in [5.74, 6) is -2.49. The van der Waals surface area contributed by atoms with Crippen LogP contribution in [0.25, 0.3) is 0 Å². The van der Waals surface area contributed by atoms with Crippen molar-refractivity contribution in [3.63, 3.8) is 0 Å². The molecule has 2 N–H and O–H groups in total. The zero-order chi connectivity index (χ0) is 23.3. The Morgan fingerprint density at radius 3 is 2.16 bits per heavy atom. The van der Waals surface area contributed by atoms with Crippen molar-refractivity contribution in [1.29, 1.82) is 0 Å². The summed E-state index contributed by atoms with van der Waals surface area (Å²) in [4.78, 5) is 21.7. The maximum atomic E-state index is 12.2. The zero-order valence-corrected chi connectivity index (χ0v) is 18.0. The normalized spacial score (nSPS) is 12.1. The highest BCUT2D eigenvalue weighted by atomic mass is 32.2. The van der Waals surface area contributed by atoms with Gasteiger partial charge in [0.15, 0.2) is 0 Å². The van der Waals surface area contributed by atoms with Gasteiger partial charge in [-0.05, 0) is 43.5 Å². The van der Waals surface area contributed by atoms with Crippen LogP contribution in [-0.4, -0.2) is 40.1 Å². The number of esters is 1. The summed E-state index contributed by atoms with van der Waals surface area (Å²) in [5, 5.41) is 1.65. The Morgan fingerprint density at radius 2 is 1.58 bits per heavy atom. The highest BCUT2D eigenvalue weighted by Gasteiger charge is 2.38. The molecule has 0 spiro atoms. The van der Waals surface area contributed by atoms with Crippen LogP contribution < -0.4 is 10.0 Å². The van der Waals surface area contributed by atoms with E-state index in [4.69, 9.17) is 0 Å². The van der Waals surface area contributed by atoms with E-state index in [0.29, 0.717) is 6.42 Å². The fourth-order valence-electron chi connectivity index (χ4n) is 2.55. The number of unbranched alkanes of at least 4 members (excludes halogenated alkanes) is 6. The number of rotatable bonds is 13. The Morgan fingerprint density at radius 1 is 1.00 bits per heavy atom. The van der Waals surface area contributed by atoms with E-state index in [-0.39, 0.29) is 23.1 Å². The molecule has 0 fully saturated rings. The summed E-state index contributed by atoms with van der Waals surface area (Å²) in [6, 6.07) is 4.45. The van der Waals surface area contributed by atoms with Gasteiger partial charge in [0.05, 0.1) is 12.0 Å². The molecule has 0 atom stereocenters. The molecular weight excluding hydrogens is 437 g/mol. The highest BCUT2D eigenvalue weighted by Crippen LogP contribution is 2.19. The molecule has 1 rings (SSSR count). The second-order valence-corrected chi connectivity index (χ2v) is 8.48. The number of hydrogen-bond donors (Lipinski definition) is 2. The number of anilines is 1. The molecule has 1 aromatic rings. The molecule has 0 saturated heterocycles. The number of methoxy groups -OCH3 is 1. The van der Waals surface area contributed by atoms with Crippen molar-refractivity contribution in [2.75, 3.05) is 19.0 Å². The average Bonchev–Trinajstić information content (AvgIpc) is 2.71. The van der Waals surface area contributed by atoms with Crippen molar-refractivity contribution in [2.24, 2.45) is 0 Å². The van der Waals surface area contributed by atoms with Gasteiger partial charge in [-0.3, -0.25) is 4.79 Å². The molecule has 1 aromatic carbocycles. The molecule has 0 aliphatic carbocycles. The number of ether oxygens (including phenoxy) is 1. The SMILES string of the molecule is COC(=O)/C=C/CCCCCCCCNS(=O)(=O)c1ccc(NC(=O)C(F)(F)F)cc1. The average molecular weight is 465 g/mol. The minimum atomic E-state index is -5.02. The number of sulfonamides is 1. The van der Waals surface area contributed by atoms with E-state index in [1.807, 2.05) is 0 Å². The molecule has 31 heavy (non-hydrogen) atoms. The number of nitrogens with one attached hydrogen (secondary N) is 2. The molecule has 174 valence electrons. The van der Waals surface area contributed by atoms with Crippen molar-refractivity contribution < 1.29 is 35.9 Å². The molecule has 0 radical (unpaired) electrons. The first-order chi connectivity index (χ1) is 14.6. The lowest BCUT2D eigenvalue weighted by molar-refractivity contribution is -0.167. The lowest BCUT2D eigenvalue weighted by atomic mass is 10.1. The zero-order valence-electron chi connectivity index (χ0n) is 17.2. The van der Waals surface area contributed by atoms with Crippen LogP contribution in [0.1, 0.15) is 44.9 Å². The first-order valence-corrected chi connectivity index (χ1v) is 11.3. The molecule has 0 aliphatic heterocycles. The lowest BCUT2D eigenvalue weighted by Gasteiger charge is -2.10. The van der Waals surface area contributed by atoms with Gasteiger partial charge >= 0.3 is 18.1 Å². The minimum Gasteiger partial charge on any atom is -0.466 e. The largest absolute Gasteiger partial charge is 0.471 e. The van der Waals surface area contributed by atoms with Crippen LogP contribution in [0.5, 0.6) is 0 Å². The van der Waals surface area contributed by atoms with Gasteiger partial charge in [0.25, 0.3) is 0 Å². The van der Waals surface area contributed by atoms with Crippen LogP contribution in [0.15, 0.2) is 41.3 Å². The predicted octanol–water partition coefficient (Wildman–Crippen LogP) is 3.93. The van der Waals surface area contributed by atoms with Gasteiger partial charge in [0.2, 0.25) is 10.0 Å². The topological polar surface area (TPSA) is 102 Å². The predicted molar refractivity (Wildman–Crippen MR) is 110 cm³/mol. The summed E-state index contributed by atoms with van der Waals surface area (Å²) in [7, 11) is -2.46. The van der Waals surface area contributed by atoms with Crippen molar-refractivity contribution >= 4 is 27.6 Å². The molecule has 0 bridgehead atoms. The standard InChI is InChI=1S/C20H27F3N2O5S/c1-30-18(26)10-8-6-4-2-3-5-7-9-15-24-31(28,29)17-13-11-16(12-14-17)25-19(27)20(21,22)23/h8,10-14,24H,2-7,9,15H2,1H3,(H,25,27)/b10-8+. The van der Waals surface area contributed by atoms with Gasteiger partial charge in [-0.1, -0.05) is 31.8 Å². The Bertz CT molecular complexity index is 837. The van der Waals surface area contributed by atoms with Gasteiger partial charge in [0, 0.05) is 18.3 Å². The molecule has 0 heterocycles. The van der Waals surface area contributed by atoms with Crippen LogP contribution in [0.3, 0.4) is 0 Å². The Hall–Kier alpha value is -2.40. The van der Waals surface area contributed by atoms with E-state index in [0.717, 1.165) is 62.8 Å². The van der Waals surface area contributed by atoms with Crippen molar-refractivity contribution in [3.8, 4) is 0 Å². The van der Waals surface area contributed by atoms with Crippen molar-refractivity contribution in [3.05, 3.63) is 36.4 Å². The fraction of sp³-hybridized carbons (Fsp3) is 0.500. The molecule has 1 amide bonds. The molecule has 0 saturated carbocycles. The summed E-state index contributed by atoms with van der Waals surface area (Å²) in [6.07, 6.45) is 4.38. The number of amides is 1. The van der Waals surface area contributed by atoms with E-state index >= 15 is 0 Å².